The molecule has 0 radical (unpaired) electrons. The van der Waals surface area contributed by atoms with Gasteiger partial charge in [0.1, 0.15) is 5.75 Å². The SMILES string of the molecule is CCc1cc(CNC)cc(Oc2ccc(Br)cc2Br)n1. The van der Waals surface area contributed by atoms with Crippen LogP contribution in [0.2, 0.25) is 0 Å². The highest BCUT2D eigenvalue weighted by Gasteiger charge is 2.07. The zero-order valence-electron chi connectivity index (χ0n) is 11.4. The molecule has 1 aromatic carbocycles. The first-order valence-electron chi connectivity index (χ1n) is 6.39. The molecule has 1 heterocycles. The molecule has 106 valence electrons. The van der Waals surface area contributed by atoms with E-state index in [0.29, 0.717) is 5.88 Å². The van der Waals surface area contributed by atoms with Crippen molar-refractivity contribution in [3.63, 3.8) is 0 Å². The standard InChI is InChI=1S/C15H16Br2N2O/c1-3-12-6-10(9-18-2)7-15(19-12)20-14-5-4-11(16)8-13(14)17/h4-8,18H,3,9H2,1-2H3. The van der Waals surface area contributed by atoms with Crippen LogP contribution in [0, 0.1) is 0 Å². The monoisotopic (exact) mass is 398 g/mol. The Bertz CT molecular complexity index is 602. The van der Waals surface area contributed by atoms with Gasteiger partial charge in [-0.15, -0.1) is 0 Å². The number of aryl methyl sites for hydroxylation is 1. The van der Waals surface area contributed by atoms with Gasteiger partial charge < -0.3 is 10.1 Å². The second kappa shape index (κ2) is 7.20. The van der Waals surface area contributed by atoms with Gasteiger partial charge in [0.05, 0.1) is 4.47 Å². The summed E-state index contributed by atoms with van der Waals surface area (Å²) in [6, 6.07) is 9.86. The van der Waals surface area contributed by atoms with E-state index >= 15 is 0 Å². The minimum Gasteiger partial charge on any atom is -0.438 e. The number of hydrogen-bond donors (Lipinski definition) is 1. The summed E-state index contributed by atoms with van der Waals surface area (Å²) < 4.78 is 7.78. The quantitative estimate of drug-likeness (QED) is 0.792. The Morgan fingerprint density at radius 1 is 1.20 bits per heavy atom. The number of halogens is 2. The van der Waals surface area contributed by atoms with E-state index in [1.54, 1.807) is 0 Å². The van der Waals surface area contributed by atoms with E-state index in [0.717, 1.165) is 33.4 Å². The molecule has 0 saturated carbocycles. The number of nitrogens with one attached hydrogen (secondary N) is 1. The first-order valence-corrected chi connectivity index (χ1v) is 7.98. The summed E-state index contributed by atoms with van der Waals surface area (Å²) in [5.41, 5.74) is 2.20. The van der Waals surface area contributed by atoms with Crippen LogP contribution in [0.15, 0.2) is 39.3 Å². The molecular weight excluding hydrogens is 384 g/mol. The fourth-order valence-electron chi connectivity index (χ4n) is 1.83. The third-order valence-corrected chi connectivity index (χ3v) is 3.88. The Balaban J connectivity index is 2.29. The molecule has 0 amide bonds. The van der Waals surface area contributed by atoms with Crippen LogP contribution in [0.25, 0.3) is 0 Å². The molecule has 1 N–H and O–H groups in total. The van der Waals surface area contributed by atoms with E-state index in [1.165, 1.54) is 5.56 Å². The topological polar surface area (TPSA) is 34.1 Å². The maximum Gasteiger partial charge on any atom is 0.219 e. The summed E-state index contributed by atoms with van der Waals surface area (Å²) in [5.74, 6) is 1.38. The number of rotatable bonds is 5. The van der Waals surface area contributed by atoms with E-state index in [1.807, 2.05) is 31.3 Å². The molecule has 0 saturated heterocycles. The minimum atomic E-state index is 0.623. The van der Waals surface area contributed by atoms with E-state index in [4.69, 9.17) is 4.74 Å². The number of benzene rings is 1. The summed E-state index contributed by atoms with van der Waals surface area (Å²) in [7, 11) is 1.93. The zero-order valence-corrected chi connectivity index (χ0v) is 14.6. The molecule has 0 atom stereocenters. The lowest BCUT2D eigenvalue weighted by Gasteiger charge is -2.10. The van der Waals surface area contributed by atoms with Crippen LogP contribution < -0.4 is 10.1 Å². The van der Waals surface area contributed by atoms with Gasteiger partial charge in [0.15, 0.2) is 0 Å². The van der Waals surface area contributed by atoms with E-state index < -0.39 is 0 Å². The van der Waals surface area contributed by atoms with Crippen molar-refractivity contribution in [2.24, 2.45) is 0 Å². The largest absolute Gasteiger partial charge is 0.438 e. The van der Waals surface area contributed by atoms with Crippen LogP contribution in [0.3, 0.4) is 0 Å². The Morgan fingerprint density at radius 2 is 2.00 bits per heavy atom. The highest BCUT2D eigenvalue weighted by molar-refractivity contribution is 9.11. The molecule has 0 aliphatic heterocycles. The zero-order chi connectivity index (χ0) is 14.5. The molecular formula is C15H16Br2N2O. The van der Waals surface area contributed by atoms with Gasteiger partial charge in [0, 0.05) is 22.8 Å². The molecule has 20 heavy (non-hydrogen) atoms. The average molecular weight is 400 g/mol. The summed E-state index contributed by atoms with van der Waals surface area (Å²) in [6.07, 6.45) is 0.884. The first kappa shape index (κ1) is 15.5. The van der Waals surface area contributed by atoms with Gasteiger partial charge >= 0.3 is 0 Å². The molecule has 3 nitrogen and oxygen atoms in total. The molecule has 2 rings (SSSR count). The van der Waals surface area contributed by atoms with E-state index in [9.17, 15) is 0 Å². The summed E-state index contributed by atoms with van der Waals surface area (Å²) in [5, 5.41) is 3.15. The van der Waals surface area contributed by atoms with Crippen LogP contribution in [0.1, 0.15) is 18.2 Å². The van der Waals surface area contributed by atoms with Gasteiger partial charge in [-0.1, -0.05) is 22.9 Å². The van der Waals surface area contributed by atoms with Crippen LogP contribution in [0.5, 0.6) is 11.6 Å². The highest BCUT2D eigenvalue weighted by atomic mass is 79.9. The summed E-state index contributed by atoms with van der Waals surface area (Å²) >= 11 is 6.92. The predicted octanol–water partition coefficient (Wildman–Crippen LogP) is 4.68. The summed E-state index contributed by atoms with van der Waals surface area (Å²) in [6.45, 7) is 2.89. The van der Waals surface area contributed by atoms with Crippen molar-refractivity contribution in [3.05, 3.63) is 50.5 Å². The predicted molar refractivity (Wildman–Crippen MR) is 88.3 cm³/mol. The molecule has 0 aliphatic carbocycles. The fourth-order valence-corrected chi connectivity index (χ4v) is 2.96. The molecule has 0 bridgehead atoms. The maximum atomic E-state index is 5.89. The lowest BCUT2D eigenvalue weighted by atomic mass is 10.2. The molecule has 0 spiro atoms. The second-order valence-electron chi connectivity index (χ2n) is 4.37. The lowest BCUT2D eigenvalue weighted by molar-refractivity contribution is 0.457. The smallest absolute Gasteiger partial charge is 0.219 e. The minimum absolute atomic E-state index is 0.623. The molecule has 2 aromatic rings. The first-order chi connectivity index (χ1) is 9.62. The van der Waals surface area contributed by atoms with Crippen molar-refractivity contribution in [1.29, 1.82) is 0 Å². The van der Waals surface area contributed by atoms with Gasteiger partial charge in [-0.2, -0.15) is 0 Å². The van der Waals surface area contributed by atoms with Crippen LogP contribution >= 0.6 is 31.9 Å². The van der Waals surface area contributed by atoms with Crippen molar-refractivity contribution in [3.8, 4) is 11.6 Å². The molecule has 5 heteroatoms. The third kappa shape index (κ3) is 4.04. The van der Waals surface area contributed by atoms with Crippen molar-refractivity contribution in [1.82, 2.24) is 10.3 Å². The Kier molecular flexibility index (Phi) is 5.57. The van der Waals surface area contributed by atoms with Gasteiger partial charge in [-0.3, -0.25) is 0 Å². The lowest BCUT2D eigenvalue weighted by Crippen LogP contribution is -2.06. The third-order valence-electron chi connectivity index (χ3n) is 2.77. The van der Waals surface area contributed by atoms with Gasteiger partial charge in [0.2, 0.25) is 5.88 Å². The van der Waals surface area contributed by atoms with Crippen LogP contribution in [0.4, 0.5) is 0 Å². The van der Waals surface area contributed by atoms with E-state index in [-0.39, 0.29) is 0 Å². The average Bonchev–Trinajstić information content (AvgIpc) is 2.42. The number of aromatic nitrogens is 1. The fraction of sp³-hybridized carbons (Fsp3) is 0.267. The Morgan fingerprint density at radius 3 is 2.65 bits per heavy atom. The Hall–Kier alpha value is -0.910. The second-order valence-corrected chi connectivity index (χ2v) is 6.14. The molecule has 0 unspecified atom stereocenters. The van der Waals surface area contributed by atoms with Crippen LogP contribution in [-0.4, -0.2) is 12.0 Å². The summed E-state index contributed by atoms with van der Waals surface area (Å²) in [4.78, 5) is 4.51. The van der Waals surface area contributed by atoms with Crippen molar-refractivity contribution in [2.75, 3.05) is 7.05 Å². The number of hydrogen-bond acceptors (Lipinski definition) is 3. The normalized spacial score (nSPS) is 10.6. The molecule has 0 fully saturated rings. The molecule has 0 aliphatic rings. The number of ether oxygens (including phenoxy) is 1. The Labute approximate surface area is 136 Å². The van der Waals surface area contributed by atoms with Gasteiger partial charge in [0.25, 0.3) is 0 Å². The number of nitrogens with zero attached hydrogens (tertiary/aromatic N) is 1. The highest BCUT2D eigenvalue weighted by Crippen LogP contribution is 2.31. The van der Waals surface area contributed by atoms with Crippen LogP contribution in [-0.2, 0) is 13.0 Å². The van der Waals surface area contributed by atoms with Gasteiger partial charge in [-0.05, 0) is 59.2 Å². The van der Waals surface area contributed by atoms with Crippen molar-refractivity contribution in [2.45, 2.75) is 19.9 Å². The van der Waals surface area contributed by atoms with Crippen molar-refractivity contribution < 1.29 is 4.74 Å². The maximum absolute atomic E-state index is 5.89. The van der Waals surface area contributed by atoms with E-state index in [2.05, 4.69) is 55.2 Å². The van der Waals surface area contributed by atoms with Crippen molar-refractivity contribution >= 4 is 31.9 Å². The number of pyridine rings is 1. The van der Waals surface area contributed by atoms with Gasteiger partial charge in [-0.25, -0.2) is 4.98 Å². The molecule has 1 aromatic heterocycles.